The van der Waals surface area contributed by atoms with Gasteiger partial charge >= 0.3 is 0 Å². The van der Waals surface area contributed by atoms with Crippen molar-refractivity contribution in [3.8, 4) is 5.75 Å². The summed E-state index contributed by atoms with van der Waals surface area (Å²) in [5.41, 5.74) is 3.38. The first kappa shape index (κ1) is 32.5. The van der Waals surface area contributed by atoms with Crippen LogP contribution in [0.3, 0.4) is 0 Å². The molecule has 1 aliphatic rings. The highest BCUT2D eigenvalue weighted by molar-refractivity contribution is 7.99. The van der Waals surface area contributed by atoms with Gasteiger partial charge in [0.25, 0.3) is 0 Å². The molecule has 230 valence electrons. The minimum absolute atomic E-state index is 0.0130. The number of ether oxygens (including phenoxy) is 3. The molecule has 0 saturated carbocycles. The molecule has 0 aromatic heterocycles. The van der Waals surface area contributed by atoms with Gasteiger partial charge in [-0.2, -0.15) is 0 Å². The van der Waals surface area contributed by atoms with E-state index in [-0.39, 0.29) is 36.5 Å². The molecule has 0 aliphatic carbocycles. The van der Waals surface area contributed by atoms with Crippen molar-refractivity contribution in [1.82, 2.24) is 5.32 Å². The normalized spacial score (nSPS) is 19.9. The molecule has 0 unspecified atom stereocenters. The molecule has 1 heterocycles. The Morgan fingerprint density at radius 3 is 2.49 bits per heavy atom. The number of carbonyl (C=O) groups excluding carboxylic acids is 2. The lowest BCUT2D eigenvalue weighted by Gasteiger charge is -2.41. The van der Waals surface area contributed by atoms with Crippen molar-refractivity contribution < 1.29 is 28.9 Å². The number of unbranched alkanes of at least 4 members (excludes halogenated alkanes) is 2. The molecule has 43 heavy (non-hydrogen) atoms. The van der Waals surface area contributed by atoms with Gasteiger partial charge in [0.15, 0.2) is 6.29 Å². The summed E-state index contributed by atoms with van der Waals surface area (Å²) in [5.74, 6) is 1.49. The SMILES string of the molecule is COc1ccccc1SC[C@@H]1O[C@H](c2cccc(NC(=O)CCCCCNC(C)=O)c2)O[C@H](c2ccc(CO)cc2)[C@@H]1C. The number of benzene rings is 3. The fourth-order valence-corrected chi connectivity index (χ4v) is 6.25. The van der Waals surface area contributed by atoms with Crippen LogP contribution in [0.15, 0.2) is 77.7 Å². The number of methoxy groups -OCH3 is 1. The van der Waals surface area contributed by atoms with Gasteiger partial charge in [0.2, 0.25) is 11.8 Å². The number of aliphatic hydroxyl groups is 1. The minimum atomic E-state index is -0.632. The Hall–Kier alpha value is -3.37. The summed E-state index contributed by atoms with van der Waals surface area (Å²) in [7, 11) is 1.68. The molecule has 3 aromatic rings. The highest BCUT2D eigenvalue weighted by Crippen LogP contribution is 2.44. The lowest BCUT2D eigenvalue weighted by Crippen LogP contribution is -2.38. The summed E-state index contributed by atoms with van der Waals surface area (Å²) < 4.78 is 18.7. The summed E-state index contributed by atoms with van der Waals surface area (Å²) in [6, 6.07) is 23.4. The molecule has 0 bridgehead atoms. The van der Waals surface area contributed by atoms with E-state index in [1.807, 2.05) is 72.8 Å². The number of anilines is 1. The predicted molar refractivity (Wildman–Crippen MR) is 169 cm³/mol. The predicted octanol–water partition coefficient (Wildman–Crippen LogP) is 6.41. The van der Waals surface area contributed by atoms with E-state index < -0.39 is 6.29 Å². The number of nitrogens with one attached hydrogen (secondary N) is 2. The molecule has 9 heteroatoms. The first-order valence-corrected chi connectivity index (χ1v) is 15.8. The third-order valence-corrected chi connectivity index (χ3v) is 8.64. The Morgan fingerprint density at radius 2 is 1.74 bits per heavy atom. The molecule has 1 saturated heterocycles. The lowest BCUT2D eigenvalue weighted by atomic mass is 9.91. The van der Waals surface area contributed by atoms with Crippen LogP contribution in [0.2, 0.25) is 0 Å². The topological polar surface area (TPSA) is 106 Å². The second-order valence-corrected chi connectivity index (χ2v) is 11.8. The third-order valence-electron chi connectivity index (χ3n) is 7.49. The monoisotopic (exact) mass is 606 g/mol. The van der Waals surface area contributed by atoms with Crippen molar-refractivity contribution in [2.45, 2.75) is 69.5 Å². The van der Waals surface area contributed by atoms with E-state index in [2.05, 4.69) is 17.6 Å². The van der Waals surface area contributed by atoms with Crippen LogP contribution in [-0.2, 0) is 25.7 Å². The summed E-state index contributed by atoms with van der Waals surface area (Å²) in [6.07, 6.45) is 1.87. The first-order valence-electron chi connectivity index (χ1n) is 14.8. The number of amides is 2. The molecule has 0 spiro atoms. The number of thioether (sulfide) groups is 1. The molecule has 0 radical (unpaired) electrons. The highest BCUT2D eigenvalue weighted by atomic mass is 32.2. The highest BCUT2D eigenvalue weighted by Gasteiger charge is 2.38. The van der Waals surface area contributed by atoms with Crippen LogP contribution in [-0.4, -0.2) is 42.4 Å². The van der Waals surface area contributed by atoms with E-state index >= 15 is 0 Å². The largest absolute Gasteiger partial charge is 0.496 e. The second-order valence-electron chi connectivity index (χ2n) is 10.8. The van der Waals surface area contributed by atoms with E-state index in [0.717, 1.165) is 46.6 Å². The molecule has 4 atom stereocenters. The Bertz CT molecular complexity index is 1330. The number of hydrogen-bond donors (Lipinski definition) is 3. The fraction of sp³-hybridized carbons (Fsp3) is 0.412. The molecule has 2 amide bonds. The van der Waals surface area contributed by atoms with Gasteiger partial charge in [-0.3, -0.25) is 9.59 Å². The summed E-state index contributed by atoms with van der Waals surface area (Å²) in [5, 5.41) is 15.3. The maximum absolute atomic E-state index is 12.6. The molecule has 4 rings (SSSR count). The van der Waals surface area contributed by atoms with Crippen LogP contribution in [0.25, 0.3) is 0 Å². The number of carbonyl (C=O) groups is 2. The van der Waals surface area contributed by atoms with Crippen LogP contribution >= 0.6 is 11.8 Å². The average Bonchev–Trinajstić information content (AvgIpc) is 3.02. The number of hydrogen-bond acceptors (Lipinski definition) is 7. The Balaban J connectivity index is 1.46. The summed E-state index contributed by atoms with van der Waals surface area (Å²) >= 11 is 1.69. The first-order chi connectivity index (χ1) is 20.9. The zero-order valence-electron chi connectivity index (χ0n) is 25.1. The molecule has 3 N–H and O–H groups in total. The quantitative estimate of drug-likeness (QED) is 0.144. The van der Waals surface area contributed by atoms with Crippen LogP contribution < -0.4 is 15.4 Å². The van der Waals surface area contributed by atoms with Crippen LogP contribution in [0.5, 0.6) is 5.75 Å². The fourth-order valence-electron chi connectivity index (χ4n) is 5.06. The summed E-state index contributed by atoms with van der Waals surface area (Å²) in [4.78, 5) is 24.7. The Morgan fingerprint density at radius 1 is 0.953 bits per heavy atom. The minimum Gasteiger partial charge on any atom is -0.496 e. The maximum atomic E-state index is 12.6. The van der Waals surface area contributed by atoms with Gasteiger partial charge < -0.3 is 30.0 Å². The van der Waals surface area contributed by atoms with Gasteiger partial charge in [0.05, 0.1) is 25.9 Å². The Kier molecular flexibility index (Phi) is 12.5. The van der Waals surface area contributed by atoms with E-state index in [1.54, 1.807) is 18.9 Å². The van der Waals surface area contributed by atoms with Gasteiger partial charge in [-0.05, 0) is 48.2 Å². The van der Waals surface area contributed by atoms with E-state index in [9.17, 15) is 14.7 Å². The maximum Gasteiger partial charge on any atom is 0.224 e. The average molecular weight is 607 g/mol. The van der Waals surface area contributed by atoms with E-state index in [4.69, 9.17) is 14.2 Å². The molecule has 1 fully saturated rings. The second kappa shape index (κ2) is 16.5. The number of rotatable bonds is 14. The van der Waals surface area contributed by atoms with Crippen molar-refractivity contribution in [2.75, 3.05) is 24.7 Å². The number of para-hydroxylation sites is 1. The van der Waals surface area contributed by atoms with Gasteiger partial charge in [-0.1, -0.05) is 61.9 Å². The number of aliphatic hydroxyl groups excluding tert-OH is 1. The molecule has 1 aliphatic heterocycles. The third kappa shape index (κ3) is 9.56. The van der Waals surface area contributed by atoms with Crippen molar-refractivity contribution in [2.24, 2.45) is 5.92 Å². The van der Waals surface area contributed by atoms with Crippen molar-refractivity contribution in [1.29, 1.82) is 0 Å². The van der Waals surface area contributed by atoms with Crippen LogP contribution in [0.1, 0.15) is 68.6 Å². The zero-order chi connectivity index (χ0) is 30.6. The van der Waals surface area contributed by atoms with E-state index in [1.165, 1.54) is 6.92 Å². The van der Waals surface area contributed by atoms with Crippen molar-refractivity contribution in [3.63, 3.8) is 0 Å². The van der Waals surface area contributed by atoms with Gasteiger partial charge in [0, 0.05) is 47.7 Å². The van der Waals surface area contributed by atoms with Gasteiger partial charge in [-0.15, -0.1) is 11.8 Å². The Labute approximate surface area is 258 Å². The zero-order valence-corrected chi connectivity index (χ0v) is 25.9. The molecular weight excluding hydrogens is 564 g/mol. The van der Waals surface area contributed by atoms with Crippen LogP contribution in [0.4, 0.5) is 5.69 Å². The van der Waals surface area contributed by atoms with Crippen molar-refractivity contribution in [3.05, 3.63) is 89.5 Å². The molecule has 8 nitrogen and oxygen atoms in total. The summed E-state index contributed by atoms with van der Waals surface area (Å²) in [6.45, 7) is 4.26. The molecule has 3 aromatic carbocycles. The standard InChI is InChI=1S/C34H42N2O6S/c1-23-30(22-43-31-13-7-6-12-29(31)40-3)41-34(42-33(23)26-17-15-25(21-37)16-18-26)27-10-9-11-28(20-27)36-32(39)14-5-4-8-19-35-24(2)38/h6-7,9-13,15-18,20,23,30,33-34,37H,4-5,8,14,19,21-22H2,1-3H3,(H,35,38)(H,36,39)/t23-,30+,33+,34+/m1/s1. The van der Waals surface area contributed by atoms with Gasteiger partial charge in [-0.25, -0.2) is 0 Å². The smallest absolute Gasteiger partial charge is 0.224 e. The van der Waals surface area contributed by atoms with Crippen LogP contribution in [0, 0.1) is 5.92 Å². The lowest BCUT2D eigenvalue weighted by molar-refractivity contribution is -0.268. The van der Waals surface area contributed by atoms with Crippen molar-refractivity contribution >= 4 is 29.3 Å². The van der Waals surface area contributed by atoms with E-state index in [0.29, 0.717) is 24.4 Å². The van der Waals surface area contributed by atoms with Gasteiger partial charge in [0.1, 0.15) is 5.75 Å². The molecular formula is C34H42N2O6S.